The molecule has 2 aromatic rings. The highest BCUT2D eigenvalue weighted by Crippen LogP contribution is 2.37. The second kappa shape index (κ2) is 6.12. The van der Waals surface area contributed by atoms with Crippen molar-refractivity contribution in [2.75, 3.05) is 6.61 Å². The number of pyridine rings is 1. The van der Waals surface area contributed by atoms with Crippen LogP contribution in [0.15, 0.2) is 36.5 Å². The number of para-hydroxylation sites is 1. The van der Waals surface area contributed by atoms with E-state index in [1.807, 2.05) is 12.3 Å². The Morgan fingerprint density at radius 2 is 2.00 bits per heavy atom. The van der Waals surface area contributed by atoms with E-state index in [1.54, 1.807) is 0 Å². The van der Waals surface area contributed by atoms with Gasteiger partial charge in [0.15, 0.2) is 0 Å². The summed E-state index contributed by atoms with van der Waals surface area (Å²) in [6.45, 7) is 2.80. The molecule has 1 aromatic carbocycles. The average Bonchev–Trinajstić information content (AvgIpc) is 2.98. The van der Waals surface area contributed by atoms with Crippen LogP contribution in [0.5, 0.6) is 0 Å². The summed E-state index contributed by atoms with van der Waals surface area (Å²) < 4.78 is 6.10. The minimum Gasteiger partial charge on any atom is -0.374 e. The number of hydrogen-bond acceptors (Lipinski definition) is 3. The molecule has 21 heavy (non-hydrogen) atoms. The van der Waals surface area contributed by atoms with Gasteiger partial charge in [0.25, 0.3) is 0 Å². The van der Waals surface area contributed by atoms with Gasteiger partial charge in [0.05, 0.1) is 11.1 Å². The third-order valence-electron chi connectivity index (χ3n) is 4.74. The average molecular weight is 284 g/mol. The van der Waals surface area contributed by atoms with Crippen LogP contribution >= 0.6 is 0 Å². The maximum absolute atomic E-state index is 6.58. The SMILES string of the molecule is CCOC1(C(N)Cc2ccnc3ccccc23)CCCC1. The van der Waals surface area contributed by atoms with Gasteiger partial charge in [-0.25, -0.2) is 0 Å². The van der Waals surface area contributed by atoms with Crippen molar-refractivity contribution in [2.24, 2.45) is 5.73 Å². The first kappa shape index (κ1) is 14.5. The normalized spacial score (nSPS) is 19.0. The number of nitrogens with two attached hydrogens (primary N) is 1. The van der Waals surface area contributed by atoms with E-state index in [2.05, 4.69) is 36.2 Å². The zero-order valence-electron chi connectivity index (χ0n) is 12.7. The lowest BCUT2D eigenvalue weighted by Gasteiger charge is -2.35. The van der Waals surface area contributed by atoms with Crippen molar-refractivity contribution in [1.29, 1.82) is 0 Å². The number of hydrogen-bond donors (Lipinski definition) is 1. The third-order valence-corrected chi connectivity index (χ3v) is 4.74. The van der Waals surface area contributed by atoms with E-state index in [4.69, 9.17) is 10.5 Å². The number of nitrogens with zero attached hydrogens (tertiary/aromatic N) is 1. The molecule has 3 nitrogen and oxygen atoms in total. The second-order valence-electron chi connectivity index (χ2n) is 6.00. The Hall–Kier alpha value is -1.45. The number of ether oxygens (including phenoxy) is 1. The molecule has 1 saturated carbocycles. The number of fused-ring (bicyclic) bond motifs is 1. The molecule has 1 aromatic heterocycles. The van der Waals surface area contributed by atoms with Gasteiger partial charge in [-0.1, -0.05) is 31.0 Å². The van der Waals surface area contributed by atoms with E-state index >= 15 is 0 Å². The molecular weight excluding hydrogens is 260 g/mol. The molecule has 0 aliphatic heterocycles. The second-order valence-corrected chi connectivity index (χ2v) is 6.00. The molecule has 0 amide bonds. The first-order chi connectivity index (χ1) is 10.2. The Bertz CT molecular complexity index is 600. The van der Waals surface area contributed by atoms with Crippen molar-refractivity contribution < 1.29 is 4.74 Å². The van der Waals surface area contributed by atoms with E-state index < -0.39 is 0 Å². The standard InChI is InChI=1S/C18H24N2O/c1-2-21-18(10-5-6-11-18)17(19)13-14-9-12-20-16-8-4-3-7-15(14)16/h3-4,7-9,12,17H,2,5-6,10-11,13,19H2,1H3. The zero-order valence-corrected chi connectivity index (χ0v) is 12.7. The van der Waals surface area contributed by atoms with E-state index in [-0.39, 0.29) is 11.6 Å². The first-order valence-corrected chi connectivity index (χ1v) is 7.97. The molecule has 0 radical (unpaired) electrons. The summed E-state index contributed by atoms with van der Waals surface area (Å²) in [5.41, 5.74) is 8.77. The smallest absolute Gasteiger partial charge is 0.0835 e. The maximum Gasteiger partial charge on any atom is 0.0835 e. The molecule has 0 spiro atoms. The summed E-state index contributed by atoms with van der Waals surface area (Å²) in [4.78, 5) is 4.43. The van der Waals surface area contributed by atoms with E-state index in [9.17, 15) is 0 Å². The minimum absolute atomic E-state index is 0.0470. The van der Waals surface area contributed by atoms with Crippen molar-refractivity contribution in [3.8, 4) is 0 Å². The fourth-order valence-corrected chi connectivity index (χ4v) is 3.64. The van der Waals surface area contributed by atoms with Crippen LogP contribution in [0, 0.1) is 0 Å². The number of rotatable bonds is 5. The largest absolute Gasteiger partial charge is 0.374 e. The molecule has 1 heterocycles. The molecule has 112 valence electrons. The van der Waals surface area contributed by atoms with Gasteiger partial charge in [-0.15, -0.1) is 0 Å². The summed E-state index contributed by atoms with van der Waals surface area (Å²) in [6.07, 6.45) is 7.36. The summed E-state index contributed by atoms with van der Waals surface area (Å²) in [7, 11) is 0. The summed E-state index contributed by atoms with van der Waals surface area (Å²) in [6, 6.07) is 10.4. The van der Waals surface area contributed by atoms with E-state index in [1.165, 1.54) is 23.8 Å². The molecule has 1 fully saturated rings. The lowest BCUT2D eigenvalue weighted by Crippen LogP contribution is -2.49. The Balaban J connectivity index is 1.87. The van der Waals surface area contributed by atoms with Gasteiger partial charge >= 0.3 is 0 Å². The van der Waals surface area contributed by atoms with Crippen LogP contribution in [-0.4, -0.2) is 23.2 Å². The molecule has 1 aliphatic carbocycles. The van der Waals surface area contributed by atoms with Gasteiger partial charge in [-0.3, -0.25) is 4.98 Å². The first-order valence-electron chi connectivity index (χ1n) is 7.97. The highest BCUT2D eigenvalue weighted by atomic mass is 16.5. The highest BCUT2D eigenvalue weighted by Gasteiger charge is 2.40. The van der Waals surface area contributed by atoms with Crippen LogP contribution in [0.3, 0.4) is 0 Å². The lowest BCUT2D eigenvalue weighted by atomic mass is 9.87. The molecule has 3 rings (SSSR count). The predicted octanol–water partition coefficient (Wildman–Crippen LogP) is 3.45. The molecular formula is C18H24N2O. The Kier molecular flexibility index (Phi) is 4.22. The van der Waals surface area contributed by atoms with Crippen molar-refractivity contribution in [1.82, 2.24) is 4.98 Å². The van der Waals surface area contributed by atoms with Gasteiger partial charge < -0.3 is 10.5 Å². The maximum atomic E-state index is 6.58. The Morgan fingerprint density at radius 1 is 1.24 bits per heavy atom. The van der Waals surface area contributed by atoms with Gasteiger partial charge in [0.2, 0.25) is 0 Å². The minimum atomic E-state index is -0.126. The summed E-state index contributed by atoms with van der Waals surface area (Å²) in [5.74, 6) is 0. The van der Waals surface area contributed by atoms with Gasteiger partial charge in [-0.2, -0.15) is 0 Å². The van der Waals surface area contributed by atoms with Crippen molar-refractivity contribution in [3.63, 3.8) is 0 Å². The van der Waals surface area contributed by atoms with Crippen LogP contribution < -0.4 is 5.73 Å². The van der Waals surface area contributed by atoms with Crippen molar-refractivity contribution in [2.45, 2.75) is 50.7 Å². The van der Waals surface area contributed by atoms with Crippen LogP contribution in [0.25, 0.3) is 10.9 Å². The topological polar surface area (TPSA) is 48.1 Å². The fourth-order valence-electron chi connectivity index (χ4n) is 3.64. The lowest BCUT2D eigenvalue weighted by molar-refractivity contribution is -0.0524. The highest BCUT2D eigenvalue weighted by molar-refractivity contribution is 5.81. The molecule has 1 unspecified atom stereocenters. The monoisotopic (exact) mass is 284 g/mol. The van der Waals surface area contributed by atoms with Crippen LogP contribution in [0.1, 0.15) is 38.2 Å². The predicted molar refractivity (Wildman–Crippen MR) is 86.2 cm³/mol. The zero-order chi connectivity index (χ0) is 14.7. The van der Waals surface area contributed by atoms with Gasteiger partial charge in [0.1, 0.15) is 0 Å². The summed E-state index contributed by atoms with van der Waals surface area (Å²) >= 11 is 0. The molecule has 1 aliphatic rings. The van der Waals surface area contributed by atoms with Crippen LogP contribution in [0.2, 0.25) is 0 Å². The van der Waals surface area contributed by atoms with E-state index in [0.29, 0.717) is 0 Å². The van der Waals surface area contributed by atoms with Gasteiger partial charge in [0, 0.05) is 24.2 Å². The molecule has 2 N–H and O–H groups in total. The van der Waals surface area contributed by atoms with Gasteiger partial charge in [-0.05, 0) is 43.9 Å². The molecule has 1 atom stereocenters. The number of benzene rings is 1. The fraction of sp³-hybridized carbons (Fsp3) is 0.500. The molecule has 0 bridgehead atoms. The van der Waals surface area contributed by atoms with Crippen LogP contribution in [0.4, 0.5) is 0 Å². The Morgan fingerprint density at radius 3 is 2.76 bits per heavy atom. The van der Waals surface area contributed by atoms with Crippen molar-refractivity contribution >= 4 is 10.9 Å². The quantitative estimate of drug-likeness (QED) is 0.914. The summed E-state index contributed by atoms with van der Waals surface area (Å²) in [5, 5.41) is 1.21. The van der Waals surface area contributed by atoms with E-state index in [0.717, 1.165) is 31.4 Å². The van der Waals surface area contributed by atoms with Crippen molar-refractivity contribution in [3.05, 3.63) is 42.1 Å². The van der Waals surface area contributed by atoms with Crippen LogP contribution in [-0.2, 0) is 11.2 Å². The Labute approximate surface area is 126 Å². The number of aromatic nitrogens is 1. The molecule has 0 saturated heterocycles. The molecule has 3 heteroatoms. The third kappa shape index (κ3) is 2.81.